The molecule has 2 heterocycles. The zero-order chi connectivity index (χ0) is 20.9. The molecule has 2 aliphatic rings. The summed E-state index contributed by atoms with van der Waals surface area (Å²) in [5.74, 6) is 0.266. The van der Waals surface area contributed by atoms with Gasteiger partial charge in [-0.3, -0.25) is 9.59 Å². The number of fused-ring (bicyclic) bond motifs is 3. The van der Waals surface area contributed by atoms with Crippen LogP contribution in [-0.4, -0.2) is 31.1 Å². The first kappa shape index (κ1) is 18.9. The van der Waals surface area contributed by atoms with E-state index in [1.807, 2.05) is 0 Å². The number of carbonyl (C=O) groups excluding carboxylic acids is 2. The van der Waals surface area contributed by atoms with Gasteiger partial charge in [-0.2, -0.15) is 0 Å². The summed E-state index contributed by atoms with van der Waals surface area (Å²) >= 11 is 0. The SMILES string of the molecule is COc1cc(C2CC(=O)Oc3ccc4c(c32)OC(=C(C)C)C4=O)cc(OC)c1O. The number of benzene rings is 2. The number of phenols is 1. The summed E-state index contributed by atoms with van der Waals surface area (Å²) in [7, 11) is 2.86. The molecule has 0 spiro atoms. The number of ether oxygens (including phenoxy) is 4. The van der Waals surface area contributed by atoms with E-state index >= 15 is 0 Å². The van der Waals surface area contributed by atoms with Gasteiger partial charge >= 0.3 is 5.97 Å². The minimum atomic E-state index is -0.464. The van der Waals surface area contributed by atoms with Crippen LogP contribution in [-0.2, 0) is 4.79 Å². The van der Waals surface area contributed by atoms with E-state index in [2.05, 4.69) is 0 Å². The van der Waals surface area contributed by atoms with Gasteiger partial charge in [0.15, 0.2) is 17.3 Å². The summed E-state index contributed by atoms with van der Waals surface area (Å²) in [5.41, 5.74) is 2.48. The maximum Gasteiger partial charge on any atom is 0.312 e. The molecular weight excluding hydrogens is 376 g/mol. The van der Waals surface area contributed by atoms with E-state index in [0.717, 1.165) is 5.57 Å². The Balaban J connectivity index is 1.94. The summed E-state index contributed by atoms with van der Waals surface area (Å²) < 4.78 is 21.9. The molecule has 0 bridgehead atoms. The van der Waals surface area contributed by atoms with Crippen LogP contribution in [0.25, 0.3) is 0 Å². The van der Waals surface area contributed by atoms with E-state index in [4.69, 9.17) is 18.9 Å². The van der Waals surface area contributed by atoms with Crippen LogP contribution >= 0.6 is 0 Å². The topological polar surface area (TPSA) is 91.3 Å². The molecular formula is C22H20O7. The molecule has 0 fully saturated rings. The zero-order valence-corrected chi connectivity index (χ0v) is 16.5. The van der Waals surface area contributed by atoms with Crippen LogP contribution in [0.1, 0.15) is 47.7 Å². The summed E-state index contributed by atoms with van der Waals surface area (Å²) in [6.45, 7) is 3.61. The largest absolute Gasteiger partial charge is 0.502 e. The van der Waals surface area contributed by atoms with Gasteiger partial charge in [-0.1, -0.05) is 0 Å². The first-order chi connectivity index (χ1) is 13.8. The molecule has 2 aromatic rings. The number of esters is 1. The van der Waals surface area contributed by atoms with Crippen molar-refractivity contribution in [3.8, 4) is 28.7 Å². The van der Waals surface area contributed by atoms with Crippen molar-refractivity contribution in [2.75, 3.05) is 14.2 Å². The van der Waals surface area contributed by atoms with Crippen molar-refractivity contribution in [2.24, 2.45) is 0 Å². The Hall–Kier alpha value is -3.48. The minimum Gasteiger partial charge on any atom is -0.502 e. The van der Waals surface area contributed by atoms with E-state index in [-0.39, 0.29) is 35.2 Å². The van der Waals surface area contributed by atoms with Gasteiger partial charge in [-0.25, -0.2) is 0 Å². The minimum absolute atomic E-state index is 0.0439. The van der Waals surface area contributed by atoms with Gasteiger partial charge in [0, 0.05) is 11.5 Å². The number of aromatic hydroxyl groups is 1. The van der Waals surface area contributed by atoms with Gasteiger partial charge in [0.25, 0.3) is 0 Å². The highest BCUT2D eigenvalue weighted by Gasteiger charge is 2.39. The Bertz CT molecular complexity index is 1050. The molecule has 150 valence electrons. The standard InChI is InChI=1S/C22H20O7/c1-10(2)21-19(24)12-5-6-14-18(22(12)29-21)13(9-17(23)28-14)11-7-15(26-3)20(25)16(8-11)27-4/h5-8,13,25H,9H2,1-4H3. The average molecular weight is 396 g/mol. The number of allylic oxidation sites excluding steroid dienone is 2. The highest BCUT2D eigenvalue weighted by Crippen LogP contribution is 2.51. The molecule has 4 rings (SSSR count). The van der Waals surface area contributed by atoms with Crippen LogP contribution in [0.2, 0.25) is 0 Å². The van der Waals surface area contributed by atoms with Crippen LogP contribution in [0.3, 0.4) is 0 Å². The molecule has 0 aromatic heterocycles. The van der Waals surface area contributed by atoms with Crippen molar-refractivity contribution in [3.63, 3.8) is 0 Å². The maximum absolute atomic E-state index is 12.7. The predicted octanol–water partition coefficient (Wildman–Crippen LogP) is 3.72. The highest BCUT2D eigenvalue weighted by atomic mass is 16.5. The third kappa shape index (κ3) is 2.90. The second-order valence-electron chi connectivity index (χ2n) is 7.12. The zero-order valence-electron chi connectivity index (χ0n) is 16.5. The lowest BCUT2D eigenvalue weighted by Gasteiger charge is -2.27. The van der Waals surface area contributed by atoms with Crippen LogP contribution in [0.15, 0.2) is 35.6 Å². The Morgan fingerprint density at radius 1 is 1.07 bits per heavy atom. The lowest BCUT2D eigenvalue weighted by molar-refractivity contribution is -0.135. The lowest BCUT2D eigenvalue weighted by atomic mass is 9.84. The monoisotopic (exact) mass is 396 g/mol. The fourth-order valence-corrected chi connectivity index (χ4v) is 3.72. The van der Waals surface area contributed by atoms with Crippen molar-refractivity contribution in [1.29, 1.82) is 0 Å². The molecule has 2 aliphatic heterocycles. The quantitative estimate of drug-likeness (QED) is 0.480. The molecule has 0 amide bonds. The Morgan fingerprint density at radius 3 is 2.31 bits per heavy atom. The molecule has 1 atom stereocenters. The van der Waals surface area contributed by atoms with Gasteiger partial charge in [0.2, 0.25) is 11.5 Å². The summed E-state index contributed by atoms with van der Waals surface area (Å²) in [4.78, 5) is 25.0. The number of hydrogen-bond donors (Lipinski definition) is 1. The lowest BCUT2D eigenvalue weighted by Crippen LogP contribution is -2.21. The second-order valence-corrected chi connectivity index (χ2v) is 7.12. The number of carbonyl (C=O) groups is 2. The third-order valence-electron chi connectivity index (χ3n) is 5.11. The molecule has 29 heavy (non-hydrogen) atoms. The fraction of sp³-hybridized carbons (Fsp3) is 0.273. The summed E-state index contributed by atoms with van der Waals surface area (Å²) in [6, 6.07) is 6.51. The first-order valence-corrected chi connectivity index (χ1v) is 9.08. The van der Waals surface area contributed by atoms with Crippen LogP contribution in [0.5, 0.6) is 28.7 Å². The Labute approximate surface area is 167 Å². The van der Waals surface area contributed by atoms with E-state index < -0.39 is 11.9 Å². The second kappa shape index (κ2) is 6.84. The van der Waals surface area contributed by atoms with Gasteiger partial charge in [0.05, 0.1) is 26.2 Å². The van der Waals surface area contributed by atoms with Crippen molar-refractivity contribution >= 4 is 11.8 Å². The molecule has 7 nitrogen and oxygen atoms in total. The Kier molecular flexibility index (Phi) is 4.45. The molecule has 7 heteroatoms. The van der Waals surface area contributed by atoms with E-state index in [0.29, 0.717) is 28.2 Å². The molecule has 2 aromatic carbocycles. The van der Waals surface area contributed by atoms with Crippen LogP contribution in [0.4, 0.5) is 0 Å². The van der Waals surface area contributed by atoms with E-state index in [1.54, 1.807) is 38.1 Å². The van der Waals surface area contributed by atoms with Crippen molar-refractivity contribution in [3.05, 3.63) is 52.3 Å². The number of hydrogen-bond acceptors (Lipinski definition) is 7. The molecule has 0 saturated carbocycles. The van der Waals surface area contributed by atoms with Gasteiger partial charge in [-0.05, 0) is 49.2 Å². The van der Waals surface area contributed by atoms with Crippen molar-refractivity contribution in [2.45, 2.75) is 26.2 Å². The molecule has 1 unspecified atom stereocenters. The van der Waals surface area contributed by atoms with Crippen LogP contribution in [0, 0.1) is 0 Å². The van der Waals surface area contributed by atoms with Crippen molar-refractivity contribution in [1.82, 2.24) is 0 Å². The number of phenolic OH excluding ortho intramolecular Hbond substituents is 1. The van der Waals surface area contributed by atoms with Gasteiger partial charge in [-0.15, -0.1) is 0 Å². The molecule has 0 saturated heterocycles. The van der Waals surface area contributed by atoms with E-state index in [9.17, 15) is 14.7 Å². The molecule has 0 radical (unpaired) electrons. The fourth-order valence-electron chi connectivity index (χ4n) is 3.72. The van der Waals surface area contributed by atoms with Crippen molar-refractivity contribution < 1.29 is 33.6 Å². The first-order valence-electron chi connectivity index (χ1n) is 9.08. The number of Topliss-reactive ketones (excluding diaryl/α,β-unsaturated/α-hetero) is 1. The van der Waals surface area contributed by atoms with Crippen LogP contribution < -0.4 is 18.9 Å². The summed E-state index contributed by atoms with van der Waals surface area (Å²) in [5, 5.41) is 10.2. The average Bonchev–Trinajstić information content (AvgIpc) is 3.04. The predicted molar refractivity (Wildman–Crippen MR) is 103 cm³/mol. The molecule has 0 aliphatic carbocycles. The maximum atomic E-state index is 12.7. The third-order valence-corrected chi connectivity index (χ3v) is 5.11. The van der Waals surface area contributed by atoms with E-state index in [1.165, 1.54) is 14.2 Å². The number of rotatable bonds is 3. The highest BCUT2D eigenvalue weighted by molar-refractivity contribution is 6.13. The molecule has 1 N–H and O–H groups in total. The Morgan fingerprint density at radius 2 is 1.72 bits per heavy atom. The van der Waals surface area contributed by atoms with Gasteiger partial charge in [0.1, 0.15) is 11.5 Å². The number of ketones is 1. The normalized spacial score (nSPS) is 17.2. The smallest absolute Gasteiger partial charge is 0.312 e. The number of methoxy groups -OCH3 is 2. The van der Waals surface area contributed by atoms with Gasteiger partial charge < -0.3 is 24.1 Å². The summed E-state index contributed by atoms with van der Waals surface area (Å²) in [6.07, 6.45) is 0.0439.